The van der Waals surface area contributed by atoms with Gasteiger partial charge in [-0.3, -0.25) is 14.6 Å². The van der Waals surface area contributed by atoms with Crippen LogP contribution in [0.5, 0.6) is 5.75 Å². The third-order valence-corrected chi connectivity index (χ3v) is 5.61. The van der Waals surface area contributed by atoms with Crippen LogP contribution in [0.2, 0.25) is 0 Å². The first-order valence-electron chi connectivity index (χ1n) is 10.7. The number of ether oxygens (including phenoxy) is 1. The summed E-state index contributed by atoms with van der Waals surface area (Å²) in [4.78, 5) is 30.7. The third kappa shape index (κ3) is 5.81. The zero-order valence-corrected chi connectivity index (χ0v) is 18.0. The second kappa shape index (κ2) is 10.2. The van der Waals surface area contributed by atoms with Crippen molar-refractivity contribution >= 4 is 11.8 Å². The van der Waals surface area contributed by atoms with Crippen LogP contribution in [-0.2, 0) is 4.79 Å². The number of benzene rings is 1. The highest BCUT2D eigenvalue weighted by molar-refractivity contribution is 5.93. The van der Waals surface area contributed by atoms with E-state index in [2.05, 4.69) is 24.1 Å². The number of piperidine rings is 1. The number of carbonyl (C=O) groups excluding carboxylic acids is 2. The van der Waals surface area contributed by atoms with Crippen molar-refractivity contribution < 1.29 is 14.3 Å². The highest BCUT2D eigenvalue weighted by Crippen LogP contribution is 2.21. The molecule has 1 saturated heterocycles. The van der Waals surface area contributed by atoms with E-state index >= 15 is 0 Å². The molecule has 1 N–H and O–H groups in total. The molecule has 1 fully saturated rings. The predicted octanol–water partition coefficient (Wildman–Crippen LogP) is 3.64. The molecular weight excluding hydrogens is 378 g/mol. The van der Waals surface area contributed by atoms with Crippen molar-refractivity contribution in [1.82, 2.24) is 15.2 Å². The molecule has 0 saturated carbocycles. The Hall–Kier alpha value is -2.89. The summed E-state index contributed by atoms with van der Waals surface area (Å²) in [7, 11) is 0. The van der Waals surface area contributed by atoms with E-state index in [4.69, 9.17) is 4.74 Å². The Morgan fingerprint density at radius 1 is 1.13 bits per heavy atom. The summed E-state index contributed by atoms with van der Waals surface area (Å²) in [5.74, 6) is 1.46. The molecular formula is C24H31N3O3. The van der Waals surface area contributed by atoms with Crippen LogP contribution in [0.4, 0.5) is 0 Å². The summed E-state index contributed by atoms with van der Waals surface area (Å²) in [5, 5.41) is 2.97. The monoisotopic (exact) mass is 409 g/mol. The van der Waals surface area contributed by atoms with Crippen LogP contribution in [0.1, 0.15) is 55.5 Å². The van der Waals surface area contributed by atoms with Crippen molar-refractivity contribution in [2.75, 3.05) is 19.6 Å². The molecule has 0 spiro atoms. The molecule has 0 bridgehead atoms. The van der Waals surface area contributed by atoms with Gasteiger partial charge in [0.1, 0.15) is 5.75 Å². The van der Waals surface area contributed by atoms with Gasteiger partial charge in [0.05, 0.1) is 5.56 Å². The van der Waals surface area contributed by atoms with E-state index in [1.54, 1.807) is 31.5 Å². The highest BCUT2D eigenvalue weighted by Gasteiger charge is 2.27. The van der Waals surface area contributed by atoms with Crippen LogP contribution in [-0.4, -0.2) is 47.4 Å². The molecule has 1 unspecified atom stereocenters. The Balaban J connectivity index is 1.42. The number of hydrogen-bond donors (Lipinski definition) is 1. The number of likely N-dealkylation sites (tertiary alicyclic amines) is 1. The van der Waals surface area contributed by atoms with E-state index in [-0.39, 0.29) is 11.8 Å². The molecule has 1 aromatic carbocycles. The summed E-state index contributed by atoms with van der Waals surface area (Å²) in [6.07, 6.45) is 4.43. The number of pyridine rings is 1. The average molecular weight is 410 g/mol. The van der Waals surface area contributed by atoms with Crippen molar-refractivity contribution in [3.05, 3.63) is 59.9 Å². The Labute approximate surface area is 178 Å². The maximum absolute atomic E-state index is 12.8. The van der Waals surface area contributed by atoms with Gasteiger partial charge in [0.25, 0.3) is 11.8 Å². The fraction of sp³-hybridized carbons (Fsp3) is 0.458. The highest BCUT2D eigenvalue weighted by atomic mass is 16.5. The number of carbonyl (C=O) groups is 2. The lowest BCUT2D eigenvalue weighted by molar-refractivity contribution is -0.139. The second-order valence-electron chi connectivity index (χ2n) is 8.20. The van der Waals surface area contributed by atoms with Crippen molar-refractivity contribution in [2.45, 2.75) is 45.6 Å². The van der Waals surface area contributed by atoms with Gasteiger partial charge in [-0.25, -0.2) is 0 Å². The molecule has 3 rings (SSSR count). The molecule has 1 aromatic heterocycles. The lowest BCUT2D eigenvalue weighted by atomic mass is 9.96. The van der Waals surface area contributed by atoms with Gasteiger partial charge in [0.15, 0.2) is 6.10 Å². The standard InChI is InChI=1S/C24H31N3O3/c1-17(2)20-6-8-22(9-7-20)30-18(3)24(29)27-13-10-19(11-14-27)15-26-23(28)21-5-4-12-25-16-21/h4-9,12,16-19H,10-11,13-15H2,1-3H3,(H,26,28). The molecule has 30 heavy (non-hydrogen) atoms. The third-order valence-electron chi connectivity index (χ3n) is 5.61. The van der Waals surface area contributed by atoms with Gasteiger partial charge in [-0.15, -0.1) is 0 Å². The van der Waals surface area contributed by atoms with Crippen LogP contribution in [0.3, 0.4) is 0 Å². The van der Waals surface area contributed by atoms with Crippen molar-refractivity contribution in [3.63, 3.8) is 0 Å². The molecule has 6 heteroatoms. The van der Waals surface area contributed by atoms with Crippen LogP contribution in [0.25, 0.3) is 0 Å². The molecule has 2 amide bonds. The Kier molecular flexibility index (Phi) is 7.44. The van der Waals surface area contributed by atoms with E-state index in [9.17, 15) is 9.59 Å². The number of amides is 2. The van der Waals surface area contributed by atoms with Gasteiger partial charge in [-0.05, 0) is 61.4 Å². The molecule has 1 aliphatic rings. The molecule has 0 aliphatic carbocycles. The van der Waals surface area contributed by atoms with Gasteiger partial charge in [-0.2, -0.15) is 0 Å². The molecule has 0 radical (unpaired) electrons. The molecule has 160 valence electrons. The van der Waals surface area contributed by atoms with Crippen LogP contribution in [0, 0.1) is 5.92 Å². The van der Waals surface area contributed by atoms with E-state index in [0.717, 1.165) is 12.8 Å². The predicted molar refractivity (Wildman–Crippen MR) is 116 cm³/mol. The molecule has 1 aliphatic heterocycles. The number of rotatable bonds is 7. The summed E-state index contributed by atoms with van der Waals surface area (Å²) in [6, 6.07) is 11.4. The van der Waals surface area contributed by atoms with Crippen molar-refractivity contribution in [1.29, 1.82) is 0 Å². The minimum Gasteiger partial charge on any atom is -0.481 e. The Morgan fingerprint density at radius 2 is 1.83 bits per heavy atom. The van der Waals surface area contributed by atoms with Gasteiger partial charge in [0.2, 0.25) is 0 Å². The smallest absolute Gasteiger partial charge is 0.263 e. The lowest BCUT2D eigenvalue weighted by Crippen LogP contribution is -2.46. The summed E-state index contributed by atoms with van der Waals surface area (Å²) in [6.45, 7) is 8.09. The fourth-order valence-corrected chi connectivity index (χ4v) is 3.64. The normalized spacial score (nSPS) is 15.7. The quantitative estimate of drug-likeness (QED) is 0.758. The second-order valence-corrected chi connectivity index (χ2v) is 8.20. The van der Waals surface area contributed by atoms with Gasteiger partial charge in [0, 0.05) is 32.0 Å². The fourth-order valence-electron chi connectivity index (χ4n) is 3.64. The van der Waals surface area contributed by atoms with Crippen LogP contribution in [0.15, 0.2) is 48.8 Å². The maximum Gasteiger partial charge on any atom is 0.263 e. The van der Waals surface area contributed by atoms with E-state index in [1.807, 2.05) is 29.2 Å². The molecule has 2 heterocycles. The SMILES string of the molecule is CC(Oc1ccc(C(C)C)cc1)C(=O)N1CCC(CNC(=O)c2cccnc2)CC1. The number of hydrogen-bond acceptors (Lipinski definition) is 4. The Morgan fingerprint density at radius 3 is 2.43 bits per heavy atom. The van der Waals surface area contributed by atoms with Gasteiger partial charge < -0.3 is 15.0 Å². The average Bonchev–Trinajstić information content (AvgIpc) is 2.78. The number of nitrogens with zero attached hydrogens (tertiary/aromatic N) is 2. The topological polar surface area (TPSA) is 71.5 Å². The van der Waals surface area contributed by atoms with E-state index in [0.29, 0.717) is 42.8 Å². The first kappa shape index (κ1) is 21.8. The first-order chi connectivity index (χ1) is 14.4. The number of aromatic nitrogens is 1. The van der Waals surface area contributed by atoms with Crippen molar-refractivity contribution in [2.24, 2.45) is 5.92 Å². The van der Waals surface area contributed by atoms with Gasteiger partial charge >= 0.3 is 0 Å². The molecule has 1 atom stereocenters. The van der Waals surface area contributed by atoms with Gasteiger partial charge in [-0.1, -0.05) is 26.0 Å². The lowest BCUT2D eigenvalue weighted by Gasteiger charge is -2.33. The van der Waals surface area contributed by atoms with Crippen LogP contribution >= 0.6 is 0 Å². The zero-order chi connectivity index (χ0) is 21.5. The maximum atomic E-state index is 12.8. The first-order valence-corrected chi connectivity index (χ1v) is 10.7. The van der Waals surface area contributed by atoms with E-state index < -0.39 is 6.10 Å². The molecule has 6 nitrogen and oxygen atoms in total. The van der Waals surface area contributed by atoms with Crippen LogP contribution < -0.4 is 10.1 Å². The number of nitrogens with one attached hydrogen (secondary N) is 1. The zero-order valence-electron chi connectivity index (χ0n) is 18.0. The summed E-state index contributed by atoms with van der Waals surface area (Å²) < 4.78 is 5.86. The van der Waals surface area contributed by atoms with Crippen molar-refractivity contribution in [3.8, 4) is 5.75 Å². The summed E-state index contributed by atoms with van der Waals surface area (Å²) in [5.41, 5.74) is 1.82. The Bertz CT molecular complexity index is 829. The summed E-state index contributed by atoms with van der Waals surface area (Å²) >= 11 is 0. The minimum atomic E-state index is -0.517. The largest absolute Gasteiger partial charge is 0.481 e. The minimum absolute atomic E-state index is 0.0146. The molecule has 2 aromatic rings. The van der Waals surface area contributed by atoms with E-state index in [1.165, 1.54) is 5.56 Å².